The van der Waals surface area contributed by atoms with Crippen LogP contribution >= 0.6 is 34.3 Å². The number of hydrogen-bond donors (Lipinski definition) is 1. The normalized spacial score (nSPS) is 12.0. The molecule has 0 atom stereocenters. The molecule has 6 heteroatoms. The van der Waals surface area contributed by atoms with E-state index in [0.717, 1.165) is 32.2 Å². The molecule has 0 saturated heterocycles. The van der Waals surface area contributed by atoms with Gasteiger partial charge in [0.25, 0.3) is 0 Å². The molecule has 2 heterocycles. The second kappa shape index (κ2) is 5.65. The van der Waals surface area contributed by atoms with Gasteiger partial charge in [-0.15, -0.1) is 21.5 Å². The molecular formula is C12H16ClN3S2. The van der Waals surface area contributed by atoms with Crippen molar-refractivity contribution in [2.24, 2.45) is 0 Å². The molecule has 0 bridgehead atoms. The van der Waals surface area contributed by atoms with Crippen LogP contribution in [-0.2, 0) is 6.42 Å². The van der Waals surface area contributed by atoms with Gasteiger partial charge in [0.15, 0.2) is 5.01 Å². The zero-order chi connectivity index (χ0) is 13.2. The molecule has 0 aromatic carbocycles. The van der Waals surface area contributed by atoms with Gasteiger partial charge < -0.3 is 5.32 Å². The molecule has 0 fully saturated rings. The molecule has 0 aliphatic rings. The Labute approximate surface area is 120 Å². The molecule has 1 N–H and O–H groups in total. The highest BCUT2D eigenvalue weighted by Gasteiger charge is 2.11. The smallest absolute Gasteiger partial charge is 0.157 e. The number of aromatic nitrogens is 2. The summed E-state index contributed by atoms with van der Waals surface area (Å²) >= 11 is 9.10. The van der Waals surface area contributed by atoms with Gasteiger partial charge in [0, 0.05) is 18.5 Å². The van der Waals surface area contributed by atoms with Crippen LogP contribution in [-0.4, -0.2) is 22.3 Å². The second-order valence-corrected chi connectivity index (χ2v) is 7.81. The van der Waals surface area contributed by atoms with Gasteiger partial charge in [0.05, 0.1) is 9.21 Å². The molecule has 0 saturated carbocycles. The van der Waals surface area contributed by atoms with E-state index in [9.17, 15) is 0 Å². The van der Waals surface area contributed by atoms with E-state index in [4.69, 9.17) is 11.6 Å². The Morgan fingerprint density at radius 3 is 2.61 bits per heavy atom. The summed E-state index contributed by atoms with van der Waals surface area (Å²) in [6.07, 6.45) is 0.911. The number of halogens is 1. The Balaban J connectivity index is 1.94. The van der Waals surface area contributed by atoms with Crippen molar-refractivity contribution < 1.29 is 0 Å². The van der Waals surface area contributed by atoms with Crippen molar-refractivity contribution in [1.82, 2.24) is 15.5 Å². The van der Waals surface area contributed by atoms with Crippen LogP contribution in [0.5, 0.6) is 0 Å². The van der Waals surface area contributed by atoms with Crippen LogP contribution in [0.1, 0.15) is 25.8 Å². The van der Waals surface area contributed by atoms with E-state index in [-0.39, 0.29) is 5.54 Å². The topological polar surface area (TPSA) is 37.8 Å². The summed E-state index contributed by atoms with van der Waals surface area (Å²) in [6, 6.07) is 3.88. The number of thiophene rings is 1. The quantitative estimate of drug-likeness (QED) is 0.932. The first-order chi connectivity index (χ1) is 8.44. The standard InChI is InChI=1S/C12H16ClN3S2/c1-12(2,3)14-7-6-10-15-16-11(18-10)8-4-5-9(13)17-8/h4-5,14H,6-7H2,1-3H3. The first-order valence-corrected chi connectivity index (χ1v) is 7.78. The molecule has 0 aliphatic heterocycles. The minimum atomic E-state index is 0.148. The highest BCUT2D eigenvalue weighted by Crippen LogP contribution is 2.32. The van der Waals surface area contributed by atoms with Gasteiger partial charge in [-0.1, -0.05) is 22.9 Å². The Hall–Kier alpha value is -0.490. The number of nitrogens with one attached hydrogen (secondary N) is 1. The van der Waals surface area contributed by atoms with Gasteiger partial charge in [0.1, 0.15) is 5.01 Å². The van der Waals surface area contributed by atoms with Gasteiger partial charge in [-0.05, 0) is 32.9 Å². The number of hydrogen-bond acceptors (Lipinski definition) is 5. The van der Waals surface area contributed by atoms with Crippen molar-refractivity contribution in [2.75, 3.05) is 6.54 Å². The van der Waals surface area contributed by atoms with Gasteiger partial charge >= 0.3 is 0 Å². The van der Waals surface area contributed by atoms with Crippen molar-refractivity contribution in [2.45, 2.75) is 32.7 Å². The molecule has 0 radical (unpaired) electrons. The lowest BCUT2D eigenvalue weighted by molar-refractivity contribution is 0.429. The number of nitrogens with zero attached hydrogens (tertiary/aromatic N) is 2. The predicted molar refractivity (Wildman–Crippen MR) is 79.7 cm³/mol. The van der Waals surface area contributed by atoms with Crippen molar-refractivity contribution >= 4 is 34.3 Å². The van der Waals surface area contributed by atoms with Crippen molar-refractivity contribution in [3.05, 3.63) is 21.5 Å². The summed E-state index contributed by atoms with van der Waals surface area (Å²) in [6.45, 7) is 7.40. The lowest BCUT2D eigenvalue weighted by Gasteiger charge is -2.19. The van der Waals surface area contributed by atoms with E-state index >= 15 is 0 Å². The largest absolute Gasteiger partial charge is 0.312 e. The third kappa shape index (κ3) is 4.02. The van der Waals surface area contributed by atoms with Crippen molar-refractivity contribution in [1.29, 1.82) is 0 Å². The molecule has 3 nitrogen and oxygen atoms in total. The summed E-state index contributed by atoms with van der Waals surface area (Å²) in [5.41, 5.74) is 0.148. The average molecular weight is 302 g/mol. The van der Waals surface area contributed by atoms with Crippen LogP contribution in [0.25, 0.3) is 9.88 Å². The summed E-state index contributed by atoms with van der Waals surface area (Å²) in [5.74, 6) is 0. The molecule has 0 spiro atoms. The van der Waals surface area contributed by atoms with Crippen molar-refractivity contribution in [3.63, 3.8) is 0 Å². The Morgan fingerprint density at radius 1 is 1.22 bits per heavy atom. The van der Waals surface area contributed by atoms with Gasteiger partial charge in [-0.25, -0.2) is 0 Å². The van der Waals surface area contributed by atoms with E-state index in [1.165, 1.54) is 11.3 Å². The highest BCUT2D eigenvalue weighted by atomic mass is 35.5. The molecule has 2 aromatic rings. The fourth-order valence-corrected chi connectivity index (χ4v) is 3.36. The summed E-state index contributed by atoms with van der Waals surface area (Å²) in [4.78, 5) is 1.09. The number of rotatable bonds is 4. The SMILES string of the molecule is CC(C)(C)NCCc1nnc(-c2ccc(Cl)s2)s1. The van der Waals surface area contributed by atoms with Crippen molar-refractivity contribution in [3.8, 4) is 9.88 Å². The third-order valence-corrected chi connectivity index (χ3v) is 4.63. The minimum Gasteiger partial charge on any atom is -0.312 e. The molecular weight excluding hydrogens is 286 g/mol. The van der Waals surface area contributed by atoms with Gasteiger partial charge in [-0.2, -0.15) is 0 Å². The Kier molecular flexibility index (Phi) is 4.37. The summed E-state index contributed by atoms with van der Waals surface area (Å²) < 4.78 is 0.788. The van der Waals surface area contributed by atoms with Gasteiger partial charge in [-0.3, -0.25) is 0 Å². The molecule has 2 rings (SSSR count). The van der Waals surface area contributed by atoms with E-state index in [2.05, 4.69) is 36.3 Å². The predicted octanol–water partition coefficient (Wildman–Crippen LogP) is 3.85. The summed E-state index contributed by atoms with van der Waals surface area (Å²) in [5, 5.41) is 13.9. The molecule has 0 unspecified atom stereocenters. The first kappa shape index (κ1) is 13.9. The van der Waals surface area contributed by atoms with Crippen LogP contribution in [0.4, 0.5) is 0 Å². The van der Waals surface area contributed by atoms with E-state index in [0.29, 0.717) is 0 Å². The van der Waals surface area contributed by atoms with E-state index < -0.39 is 0 Å². The fraction of sp³-hybridized carbons (Fsp3) is 0.500. The molecule has 18 heavy (non-hydrogen) atoms. The van der Waals surface area contributed by atoms with E-state index in [1.54, 1.807) is 11.3 Å². The van der Waals surface area contributed by atoms with E-state index in [1.807, 2.05) is 12.1 Å². The maximum atomic E-state index is 5.92. The lowest BCUT2D eigenvalue weighted by Crippen LogP contribution is -2.37. The third-order valence-electron chi connectivity index (χ3n) is 2.25. The maximum absolute atomic E-state index is 5.92. The molecule has 0 aliphatic carbocycles. The zero-order valence-electron chi connectivity index (χ0n) is 10.7. The molecule has 0 amide bonds. The van der Waals surface area contributed by atoms with Crippen LogP contribution in [0, 0.1) is 0 Å². The Bertz CT molecular complexity index is 513. The monoisotopic (exact) mass is 301 g/mol. The van der Waals surface area contributed by atoms with Crippen LogP contribution in [0.3, 0.4) is 0 Å². The summed E-state index contributed by atoms with van der Waals surface area (Å²) in [7, 11) is 0. The average Bonchev–Trinajstić information content (AvgIpc) is 2.85. The maximum Gasteiger partial charge on any atom is 0.157 e. The second-order valence-electron chi connectivity index (χ2n) is 5.03. The Morgan fingerprint density at radius 2 is 2.00 bits per heavy atom. The fourth-order valence-electron chi connectivity index (χ4n) is 1.43. The highest BCUT2D eigenvalue weighted by molar-refractivity contribution is 7.23. The molecule has 98 valence electrons. The van der Waals surface area contributed by atoms with Gasteiger partial charge in [0.2, 0.25) is 0 Å². The lowest BCUT2D eigenvalue weighted by atomic mass is 10.1. The van der Waals surface area contributed by atoms with Crippen LogP contribution < -0.4 is 5.32 Å². The van der Waals surface area contributed by atoms with Crippen LogP contribution in [0.15, 0.2) is 12.1 Å². The minimum absolute atomic E-state index is 0.148. The first-order valence-electron chi connectivity index (χ1n) is 5.77. The molecule has 2 aromatic heterocycles. The van der Waals surface area contributed by atoms with Crippen LogP contribution in [0.2, 0.25) is 4.34 Å². The zero-order valence-corrected chi connectivity index (χ0v) is 13.0.